The van der Waals surface area contributed by atoms with Gasteiger partial charge in [-0.1, -0.05) is 18.9 Å². The zero-order chi connectivity index (χ0) is 15.9. The molecule has 3 aliphatic rings. The second-order valence-corrected chi connectivity index (χ2v) is 8.18. The summed E-state index contributed by atoms with van der Waals surface area (Å²) in [6.45, 7) is 1.64. The minimum absolute atomic E-state index is 0.133. The molecule has 1 atom stereocenters. The Hall–Kier alpha value is -1.07. The van der Waals surface area contributed by atoms with Crippen LogP contribution in [0.2, 0.25) is 0 Å². The summed E-state index contributed by atoms with van der Waals surface area (Å²) in [5.41, 5.74) is 1.49. The second-order valence-electron chi connectivity index (χ2n) is 7.03. The van der Waals surface area contributed by atoms with E-state index >= 15 is 0 Å². The Morgan fingerprint density at radius 1 is 1.39 bits per heavy atom. The zero-order valence-electron chi connectivity index (χ0n) is 13.3. The molecule has 1 amide bonds. The lowest BCUT2D eigenvalue weighted by Gasteiger charge is -2.27. The van der Waals surface area contributed by atoms with E-state index < -0.39 is 0 Å². The third-order valence-electron chi connectivity index (χ3n) is 5.55. The number of thioether (sulfide) groups is 1. The summed E-state index contributed by atoms with van der Waals surface area (Å²) < 4.78 is 14.5. The van der Waals surface area contributed by atoms with Gasteiger partial charge in [-0.25, -0.2) is 4.39 Å². The Labute approximate surface area is 141 Å². The van der Waals surface area contributed by atoms with Gasteiger partial charge in [0.2, 0.25) is 5.91 Å². The van der Waals surface area contributed by atoms with Crippen molar-refractivity contribution in [3.63, 3.8) is 0 Å². The van der Waals surface area contributed by atoms with Crippen LogP contribution in [0.25, 0.3) is 0 Å². The molecule has 0 bridgehead atoms. The van der Waals surface area contributed by atoms with Crippen molar-refractivity contribution in [1.82, 2.24) is 5.32 Å². The van der Waals surface area contributed by atoms with Gasteiger partial charge in [0.15, 0.2) is 0 Å². The highest BCUT2D eigenvalue weighted by Crippen LogP contribution is 2.51. The smallest absolute Gasteiger partial charge is 0.228 e. The SMILES string of the molecule is O=C(CC1CSCCN1)N1CC2(CCCC2)c2c(F)cccc21. The van der Waals surface area contributed by atoms with Crippen molar-refractivity contribution in [2.45, 2.75) is 43.6 Å². The number of benzene rings is 1. The highest BCUT2D eigenvalue weighted by Gasteiger charge is 2.48. The summed E-state index contributed by atoms with van der Waals surface area (Å²) in [6, 6.07) is 5.45. The van der Waals surface area contributed by atoms with Crippen LogP contribution in [0.5, 0.6) is 0 Å². The van der Waals surface area contributed by atoms with Crippen molar-refractivity contribution in [2.75, 3.05) is 29.5 Å². The number of amides is 1. The van der Waals surface area contributed by atoms with Gasteiger partial charge in [0.1, 0.15) is 5.82 Å². The van der Waals surface area contributed by atoms with E-state index in [0.29, 0.717) is 13.0 Å². The zero-order valence-corrected chi connectivity index (χ0v) is 14.1. The van der Waals surface area contributed by atoms with E-state index in [4.69, 9.17) is 0 Å². The molecule has 1 spiro atoms. The molecule has 124 valence electrons. The number of nitrogens with zero attached hydrogens (tertiary/aromatic N) is 1. The van der Waals surface area contributed by atoms with E-state index in [1.165, 1.54) is 0 Å². The number of fused-ring (bicyclic) bond motifs is 2. The van der Waals surface area contributed by atoms with Gasteiger partial charge in [0.25, 0.3) is 0 Å². The largest absolute Gasteiger partial charge is 0.312 e. The normalized spacial score (nSPS) is 25.8. The molecule has 1 saturated heterocycles. The highest BCUT2D eigenvalue weighted by atomic mass is 32.2. The van der Waals surface area contributed by atoms with Crippen LogP contribution in [-0.4, -0.2) is 36.5 Å². The number of rotatable bonds is 2. The first kappa shape index (κ1) is 15.5. The predicted molar refractivity (Wildman–Crippen MR) is 92.6 cm³/mol. The van der Waals surface area contributed by atoms with Gasteiger partial charge in [-0.2, -0.15) is 11.8 Å². The Morgan fingerprint density at radius 3 is 2.96 bits per heavy atom. The number of hydrogen-bond acceptors (Lipinski definition) is 3. The Bertz CT molecular complexity index is 609. The van der Waals surface area contributed by atoms with E-state index in [-0.39, 0.29) is 23.2 Å². The summed E-state index contributed by atoms with van der Waals surface area (Å²) in [5, 5.41) is 3.43. The van der Waals surface area contributed by atoms with Crippen LogP contribution >= 0.6 is 11.8 Å². The first-order chi connectivity index (χ1) is 11.2. The van der Waals surface area contributed by atoms with Crippen LogP contribution in [0.15, 0.2) is 18.2 Å². The van der Waals surface area contributed by atoms with Gasteiger partial charge in [0.05, 0.1) is 5.69 Å². The number of halogens is 1. The van der Waals surface area contributed by atoms with Gasteiger partial charge < -0.3 is 10.2 Å². The number of hydrogen-bond donors (Lipinski definition) is 1. The summed E-state index contributed by atoms with van der Waals surface area (Å²) in [4.78, 5) is 14.7. The topological polar surface area (TPSA) is 32.3 Å². The van der Waals surface area contributed by atoms with Crippen molar-refractivity contribution in [3.05, 3.63) is 29.6 Å². The molecule has 2 heterocycles. The first-order valence-corrected chi connectivity index (χ1v) is 9.76. The molecule has 1 unspecified atom stereocenters. The fourth-order valence-electron chi connectivity index (χ4n) is 4.48. The third-order valence-corrected chi connectivity index (χ3v) is 6.69. The maximum atomic E-state index is 14.5. The molecule has 1 aliphatic carbocycles. The minimum atomic E-state index is -0.134. The predicted octanol–water partition coefficient (Wildman–Crippen LogP) is 3.08. The minimum Gasteiger partial charge on any atom is -0.312 e. The summed E-state index contributed by atoms with van der Waals surface area (Å²) in [5.74, 6) is 2.11. The summed E-state index contributed by atoms with van der Waals surface area (Å²) in [7, 11) is 0. The Kier molecular flexibility index (Phi) is 4.10. The lowest BCUT2D eigenvalue weighted by molar-refractivity contribution is -0.119. The van der Waals surface area contributed by atoms with Crippen LogP contribution in [-0.2, 0) is 10.2 Å². The molecule has 4 rings (SSSR count). The Balaban J connectivity index is 1.60. The van der Waals surface area contributed by atoms with Crippen LogP contribution in [0, 0.1) is 5.82 Å². The molecule has 1 aromatic rings. The van der Waals surface area contributed by atoms with Crippen molar-refractivity contribution in [1.29, 1.82) is 0 Å². The quantitative estimate of drug-likeness (QED) is 0.902. The molecule has 0 aromatic heterocycles. The second kappa shape index (κ2) is 6.10. The summed E-state index contributed by atoms with van der Waals surface area (Å²) in [6.07, 6.45) is 4.79. The fraction of sp³-hybridized carbons (Fsp3) is 0.611. The van der Waals surface area contributed by atoms with Crippen molar-refractivity contribution in [2.24, 2.45) is 0 Å². The average Bonchev–Trinajstić information content (AvgIpc) is 3.15. The first-order valence-electron chi connectivity index (χ1n) is 8.60. The third kappa shape index (κ3) is 2.68. The number of anilines is 1. The molecule has 1 aromatic carbocycles. The molecule has 1 saturated carbocycles. The lowest BCUT2D eigenvalue weighted by Crippen LogP contribution is -2.43. The maximum absolute atomic E-state index is 14.5. The molecule has 2 aliphatic heterocycles. The van der Waals surface area contributed by atoms with Gasteiger partial charge in [-0.05, 0) is 25.0 Å². The van der Waals surface area contributed by atoms with Crippen molar-refractivity contribution in [3.8, 4) is 0 Å². The molecule has 3 nitrogen and oxygen atoms in total. The maximum Gasteiger partial charge on any atom is 0.228 e. The lowest BCUT2D eigenvalue weighted by atomic mass is 9.80. The van der Waals surface area contributed by atoms with Gasteiger partial charge >= 0.3 is 0 Å². The van der Waals surface area contributed by atoms with Crippen LogP contribution in [0.4, 0.5) is 10.1 Å². The van der Waals surface area contributed by atoms with Gasteiger partial charge in [-0.3, -0.25) is 4.79 Å². The molecule has 0 radical (unpaired) electrons. The van der Waals surface area contributed by atoms with Crippen molar-refractivity contribution < 1.29 is 9.18 Å². The monoisotopic (exact) mass is 334 g/mol. The van der Waals surface area contributed by atoms with E-state index in [0.717, 1.165) is 55.0 Å². The Morgan fingerprint density at radius 2 is 2.22 bits per heavy atom. The average molecular weight is 334 g/mol. The van der Waals surface area contributed by atoms with Crippen LogP contribution < -0.4 is 10.2 Å². The van der Waals surface area contributed by atoms with E-state index in [1.54, 1.807) is 12.1 Å². The molecule has 1 N–H and O–H groups in total. The van der Waals surface area contributed by atoms with E-state index in [1.807, 2.05) is 22.7 Å². The number of nitrogens with one attached hydrogen (secondary N) is 1. The van der Waals surface area contributed by atoms with Gasteiger partial charge in [-0.15, -0.1) is 0 Å². The molecule has 5 heteroatoms. The summed E-state index contributed by atoms with van der Waals surface area (Å²) >= 11 is 1.90. The standard InChI is InChI=1S/C18H23FN2OS/c19-14-4-3-5-15-17(14)18(6-1-2-7-18)12-21(15)16(22)10-13-11-23-9-8-20-13/h3-5,13,20H,1-2,6-12H2. The molecular weight excluding hydrogens is 311 g/mol. The highest BCUT2D eigenvalue weighted by molar-refractivity contribution is 7.99. The van der Waals surface area contributed by atoms with Crippen LogP contribution in [0.3, 0.4) is 0 Å². The van der Waals surface area contributed by atoms with E-state index in [2.05, 4.69) is 5.32 Å². The molecule has 23 heavy (non-hydrogen) atoms. The number of carbonyl (C=O) groups is 1. The molecular formula is C18H23FN2OS. The van der Waals surface area contributed by atoms with Crippen molar-refractivity contribution >= 4 is 23.4 Å². The van der Waals surface area contributed by atoms with Gasteiger partial charge in [0, 0.05) is 48.0 Å². The van der Waals surface area contributed by atoms with Crippen LogP contribution in [0.1, 0.15) is 37.7 Å². The molecule has 2 fully saturated rings. The number of carbonyl (C=O) groups excluding carboxylic acids is 1. The fourth-order valence-corrected chi connectivity index (χ4v) is 5.43. The van der Waals surface area contributed by atoms with E-state index in [9.17, 15) is 9.18 Å².